The molecule has 1 aromatic carbocycles. The molecule has 0 heterocycles. The van der Waals surface area contributed by atoms with Crippen molar-refractivity contribution in [3.63, 3.8) is 0 Å². The van der Waals surface area contributed by atoms with E-state index in [1.807, 2.05) is 18.2 Å². The lowest BCUT2D eigenvalue weighted by Gasteiger charge is -2.37. The molecule has 1 N–H and O–H groups in total. The van der Waals surface area contributed by atoms with Gasteiger partial charge in [0, 0.05) is 5.56 Å². The van der Waals surface area contributed by atoms with E-state index in [1.54, 1.807) is 18.2 Å². The van der Waals surface area contributed by atoms with Crippen LogP contribution in [0.2, 0.25) is 18.1 Å². The van der Waals surface area contributed by atoms with Crippen molar-refractivity contribution in [3.8, 4) is 0 Å². The van der Waals surface area contributed by atoms with Crippen molar-refractivity contribution in [2.75, 3.05) is 6.61 Å². The summed E-state index contributed by atoms with van der Waals surface area (Å²) in [4.78, 5) is 12.1. The van der Waals surface area contributed by atoms with Crippen LogP contribution in [0.3, 0.4) is 0 Å². The van der Waals surface area contributed by atoms with Crippen molar-refractivity contribution in [1.82, 2.24) is 5.32 Å². The van der Waals surface area contributed by atoms with E-state index in [0.29, 0.717) is 12.2 Å². The van der Waals surface area contributed by atoms with Crippen molar-refractivity contribution in [2.24, 2.45) is 0 Å². The standard InChI is InChI=1S/C17H27NO2Si/c1-7-15(13-20-21(5,6)17(2,3)4)18-16(19)14-11-9-8-10-12-14/h7-12,15H,1,13H2,2-6H3,(H,18,19). The van der Waals surface area contributed by atoms with Crippen LogP contribution in [0.1, 0.15) is 31.1 Å². The first-order chi connectivity index (χ1) is 9.67. The van der Waals surface area contributed by atoms with E-state index in [0.717, 1.165) is 0 Å². The molecule has 0 fully saturated rings. The lowest BCUT2D eigenvalue weighted by molar-refractivity contribution is 0.0931. The summed E-state index contributed by atoms with van der Waals surface area (Å²) in [5.74, 6) is -0.0978. The molecular formula is C17H27NO2Si. The summed E-state index contributed by atoms with van der Waals surface area (Å²) in [7, 11) is -1.81. The molecule has 1 amide bonds. The van der Waals surface area contributed by atoms with Crippen LogP contribution in [0, 0.1) is 0 Å². The van der Waals surface area contributed by atoms with Crippen LogP contribution in [0.25, 0.3) is 0 Å². The van der Waals surface area contributed by atoms with Gasteiger partial charge in [0.2, 0.25) is 0 Å². The van der Waals surface area contributed by atoms with E-state index >= 15 is 0 Å². The second kappa shape index (κ2) is 7.05. The minimum atomic E-state index is -1.81. The van der Waals surface area contributed by atoms with Gasteiger partial charge >= 0.3 is 0 Å². The summed E-state index contributed by atoms with van der Waals surface area (Å²) < 4.78 is 6.14. The summed E-state index contributed by atoms with van der Waals surface area (Å²) >= 11 is 0. The Morgan fingerprint density at radius 2 is 1.90 bits per heavy atom. The molecule has 0 radical (unpaired) electrons. The van der Waals surface area contributed by atoms with Gasteiger partial charge in [-0.2, -0.15) is 0 Å². The molecule has 0 spiro atoms. The first-order valence-electron chi connectivity index (χ1n) is 7.30. The van der Waals surface area contributed by atoms with Crippen molar-refractivity contribution < 1.29 is 9.22 Å². The fraction of sp³-hybridized carbons (Fsp3) is 0.471. The Bertz CT molecular complexity index is 477. The van der Waals surface area contributed by atoms with Crippen molar-refractivity contribution in [3.05, 3.63) is 48.6 Å². The molecule has 0 saturated carbocycles. The van der Waals surface area contributed by atoms with Crippen LogP contribution in [-0.2, 0) is 4.43 Å². The van der Waals surface area contributed by atoms with Gasteiger partial charge in [-0.1, -0.05) is 45.0 Å². The van der Waals surface area contributed by atoms with Gasteiger partial charge in [0.25, 0.3) is 5.91 Å². The quantitative estimate of drug-likeness (QED) is 0.637. The topological polar surface area (TPSA) is 38.3 Å². The highest BCUT2D eigenvalue weighted by molar-refractivity contribution is 6.74. The summed E-state index contributed by atoms with van der Waals surface area (Å²) in [5, 5.41) is 3.10. The third-order valence-corrected chi connectivity index (χ3v) is 8.57. The van der Waals surface area contributed by atoms with Crippen LogP contribution < -0.4 is 5.32 Å². The van der Waals surface area contributed by atoms with Crippen molar-refractivity contribution >= 4 is 14.2 Å². The van der Waals surface area contributed by atoms with Gasteiger partial charge in [-0.25, -0.2) is 0 Å². The summed E-state index contributed by atoms with van der Waals surface area (Å²) in [6.07, 6.45) is 1.73. The Labute approximate surface area is 129 Å². The molecule has 0 aromatic heterocycles. The average Bonchev–Trinajstić information content (AvgIpc) is 2.43. The molecule has 0 bridgehead atoms. The van der Waals surface area contributed by atoms with Gasteiger partial charge in [0.15, 0.2) is 8.32 Å². The predicted octanol–water partition coefficient (Wildman–Crippen LogP) is 3.99. The number of carbonyl (C=O) groups excluding carboxylic acids is 1. The minimum Gasteiger partial charge on any atom is -0.414 e. The molecular weight excluding hydrogens is 278 g/mol. The maximum atomic E-state index is 12.1. The predicted molar refractivity (Wildman–Crippen MR) is 91.0 cm³/mol. The molecule has 1 rings (SSSR count). The van der Waals surface area contributed by atoms with Crippen LogP contribution in [0.15, 0.2) is 43.0 Å². The summed E-state index contributed by atoms with van der Waals surface area (Å²) in [5.41, 5.74) is 0.650. The van der Waals surface area contributed by atoms with Crippen LogP contribution in [0.4, 0.5) is 0 Å². The fourth-order valence-corrected chi connectivity index (χ4v) is 2.55. The van der Waals surface area contributed by atoms with Gasteiger partial charge in [-0.15, -0.1) is 6.58 Å². The second-order valence-corrected chi connectivity index (χ2v) is 11.6. The normalized spacial score (nSPS) is 13.6. The smallest absolute Gasteiger partial charge is 0.251 e. The van der Waals surface area contributed by atoms with E-state index in [1.165, 1.54) is 0 Å². The molecule has 0 aliphatic rings. The molecule has 1 unspecified atom stereocenters. The van der Waals surface area contributed by atoms with Crippen LogP contribution in [-0.4, -0.2) is 26.9 Å². The zero-order chi connectivity index (χ0) is 16.1. The number of nitrogens with one attached hydrogen (secondary N) is 1. The molecule has 21 heavy (non-hydrogen) atoms. The number of rotatable bonds is 6. The van der Waals surface area contributed by atoms with E-state index < -0.39 is 8.32 Å². The Hall–Kier alpha value is -1.39. The van der Waals surface area contributed by atoms with E-state index in [2.05, 4.69) is 45.8 Å². The van der Waals surface area contributed by atoms with E-state index in [4.69, 9.17) is 4.43 Å². The van der Waals surface area contributed by atoms with E-state index in [9.17, 15) is 4.79 Å². The van der Waals surface area contributed by atoms with Crippen molar-refractivity contribution in [1.29, 1.82) is 0 Å². The average molecular weight is 305 g/mol. The highest BCUT2D eigenvalue weighted by Crippen LogP contribution is 2.36. The lowest BCUT2D eigenvalue weighted by Crippen LogP contribution is -2.45. The Morgan fingerprint density at radius 1 is 1.33 bits per heavy atom. The van der Waals surface area contributed by atoms with Gasteiger partial charge in [-0.05, 0) is 30.3 Å². The molecule has 116 valence electrons. The lowest BCUT2D eigenvalue weighted by atomic mass is 10.2. The molecule has 0 aliphatic heterocycles. The molecule has 0 aliphatic carbocycles. The first-order valence-corrected chi connectivity index (χ1v) is 10.2. The molecule has 0 saturated heterocycles. The largest absolute Gasteiger partial charge is 0.414 e. The second-order valence-electron chi connectivity index (χ2n) is 6.75. The summed E-state index contributed by atoms with van der Waals surface area (Å²) in [6.45, 7) is 15.3. The van der Waals surface area contributed by atoms with E-state index in [-0.39, 0.29) is 17.0 Å². The first kappa shape index (κ1) is 17.7. The van der Waals surface area contributed by atoms with Gasteiger partial charge in [-0.3, -0.25) is 4.79 Å². The SMILES string of the molecule is C=CC(CO[Si](C)(C)C(C)(C)C)NC(=O)c1ccccc1. The zero-order valence-corrected chi connectivity index (χ0v) is 14.8. The number of benzene rings is 1. The van der Waals surface area contributed by atoms with Gasteiger partial charge in [0.1, 0.15) is 0 Å². The molecule has 3 nitrogen and oxygen atoms in total. The van der Waals surface area contributed by atoms with Crippen molar-refractivity contribution in [2.45, 2.75) is 44.9 Å². The number of amides is 1. The Kier molecular flexibility index (Phi) is 5.93. The third-order valence-electron chi connectivity index (χ3n) is 4.07. The number of hydrogen-bond donors (Lipinski definition) is 1. The summed E-state index contributed by atoms with van der Waals surface area (Å²) in [6, 6.07) is 9.01. The monoisotopic (exact) mass is 305 g/mol. The maximum Gasteiger partial charge on any atom is 0.251 e. The third kappa shape index (κ3) is 5.14. The Morgan fingerprint density at radius 3 is 2.38 bits per heavy atom. The zero-order valence-electron chi connectivity index (χ0n) is 13.8. The highest BCUT2D eigenvalue weighted by Gasteiger charge is 2.37. The van der Waals surface area contributed by atoms with Gasteiger partial charge in [0.05, 0.1) is 12.6 Å². The Balaban J connectivity index is 2.61. The van der Waals surface area contributed by atoms with Crippen LogP contribution in [0.5, 0.6) is 0 Å². The maximum absolute atomic E-state index is 12.1. The molecule has 1 atom stereocenters. The molecule has 4 heteroatoms. The minimum absolute atomic E-state index is 0.0978. The highest BCUT2D eigenvalue weighted by atomic mass is 28.4. The van der Waals surface area contributed by atoms with Gasteiger partial charge < -0.3 is 9.74 Å². The molecule has 1 aromatic rings. The fourth-order valence-electron chi connectivity index (χ4n) is 1.52. The number of carbonyl (C=O) groups is 1. The van der Waals surface area contributed by atoms with Crippen LogP contribution >= 0.6 is 0 Å². The number of hydrogen-bond acceptors (Lipinski definition) is 2.